The van der Waals surface area contributed by atoms with Crippen molar-refractivity contribution < 1.29 is 15.0 Å². The molecule has 0 unspecified atom stereocenters. The van der Waals surface area contributed by atoms with Crippen LogP contribution in [-0.4, -0.2) is 61.8 Å². The molecule has 1 aromatic rings. The van der Waals surface area contributed by atoms with Crippen LogP contribution in [0.5, 0.6) is 0 Å². The second-order valence-electron chi connectivity index (χ2n) is 8.74. The quantitative estimate of drug-likeness (QED) is 0.865. The molecule has 6 heteroatoms. The number of rotatable bonds is 3. The maximum Gasteiger partial charge on any atom is 0.408 e. The van der Waals surface area contributed by atoms with E-state index in [4.69, 9.17) is 0 Å². The van der Waals surface area contributed by atoms with Gasteiger partial charge in [0.05, 0.1) is 5.69 Å². The third-order valence-corrected chi connectivity index (χ3v) is 5.93. The second kappa shape index (κ2) is 7.16. The molecule has 1 aromatic heterocycles. The molecule has 1 atom stereocenters. The first-order valence-corrected chi connectivity index (χ1v) is 9.61. The van der Waals surface area contributed by atoms with Crippen LogP contribution < -0.4 is 0 Å². The predicted molar refractivity (Wildman–Crippen MR) is 100.0 cm³/mol. The van der Waals surface area contributed by atoms with E-state index in [9.17, 15) is 15.0 Å². The summed E-state index contributed by atoms with van der Waals surface area (Å²) in [6.45, 7) is 7.58. The fraction of sp³-hybridized carbons (Fsp3) is 0.700. The van der Waals surface area contributed by atoms with Crippen LogP contribution in [0.2, 0.25) is 0 Å². The number of hydrogen-bond acceptors (Lipinski definition) is 4. The van der Waals surface area contributed by atoms with Crippen LogP contribution in [-0.2, 0) is 5.60 Å². The molecule has 2 aliphatic rings. The number of pyridine rings is 1. The molecule has 1 saturated heterocycles. The Hall–Kier alpha value is -1.66. The van der Waals surface area contributed by atoms with Gasteiger partial charge in [-0.2, -0.15) is 0 Å². The van der Waals surface area contributed by atoms with Crippen LogP contribution in [0.15, 0.2) is 24.4 Å². The van der Waals surface area contributed by atoms with Crippen molar-refractivity contribution in [1.29, 1.82) is 0 Å². The van der Waals surface area contributed by atoms with E-state index in [1.165, 1.54) is 0 Å². The van der Waals surface area contributed by atoms with E-state index in [0.717, 1.165) is 38.0 Å². The zero-order chi connectivity index (χ0) is 18.9. The molecule has 0 aromatic carbocycles. The zero-order valence-corrected chi connectivity index (χ0v) is 16.1. The molecular weight excluding hydrogens is 330 g/mol. The van der Waals surface area contributed by atoms with Crippen LogP contribution in [0.1, 0.15) is 58.6 Å². The lowest BCUT2D eigenvalue weighted by molar-refractivity contribution is -0.0266. The number of likely N-dealkylation sites (tertiary alicyclic amines) is 1. The smallest absolute Gasteiger partial charge is 0.408 e. The molecule has 26 heavy (non-hydrogen) atoms. The first-order valence-electron chi connectivity index (χ1n) is 9.61. The van der Waals surface area contributed by atoms with Gasteiger partial charge in [0, 0.05) is 36.9 Å². The lowest BCUT2D eigenvalue weighted by Crippen LogP contribution is -2.52. The van der Waals surface area contributed by atoms with E-state index in [2.05, 4.69) is 9.88 Å². The van der Waals surface area contributed by atoms with Gasteiger partial charge in [-0.1, -0.05) is 6.07 Å². The maximum absolute atomic E-state index is 11.7. The molecule has 1 aliphatic carbocycles. The van der Waals surface area contributed by atoms with Crippen molar-refractivity contribution >= 4 is 6.09 Å². The molecular formula is C20H31N3O3. The summed E-state index contributed by atoms with van der Waals surface area (Å²) in [5.41, 5.74) is -0.448. The highest BCUT2D eigenvalue weighted by atomic mass is 16.4. The van der Waals surface area contributed by atoms with Crippen molar-refractivity contribution in [2.75, 3.05) is 13.1 Å². The number of aliphatic hydroxyl groups is 1. The Balaban J connectivity index is 1.60. The Kier molecular flexibility index (Phi) is 5.26. The number of aromatic nitrogens is 1. The first kappa shape index (κ1) is 19.1. The van der Waals surface area contributed by atoms with Gasteiger partial charge in [-0.3, -0.25) is 14.8 Å². The Labute approximate surface area is 155 Å². The highest BCUT2D eigenvalue weighted by Gasteiger charge is 2.42. The number of carbonyl (C=O) groups is 1. The van der Waals surface area contributed by atoms with Gasteiger partial charge < -0.3 is 10.2 Å². The molecule has 0 bridgehead atoms. The van der Waals surface area contributed by atoms with E-state index in [1.807, 2.05) is 39.0 Å². The summed E-state index contributed by atoms with van der Waals surface area (Å²) in [6, 6.07) is 6.15. The van der Waals surface area contributed by atoms with Gasteiger partial charge >= 0.3 is 6.09 Å². The third kappa shape index (κ3) is 3.86. The van der Waals surface area contributed by atoms with Crippen LogP contribution >= 0.6 is 0 Å². The van der Waals surface area contributed by atoms with Gasteiger partial charge in [0.2, 0.25) is 0 Å². The van der Waals surface area contributed by atoms with Crippen LogP contribution in [0.4, 0.5) is 4.79 Å². The Bertz CT molecular complexity index is 621. The number of amides is 1. The van der Waals surface area contributed by atoms with E-state index in [0.29, 0.717) is 18.9 Å². The standard InChI is InChI=1S/C20H31N3O3/c1-19(2,3)23(18(24)25)16-9-13-22(14-16)15-7-10-20(26,11-8-15)17-6-4-5-12-21-17/h4-6,12,15-16,26H,7-11,13-14H2,1-3H3,(H,24,25)/t15?,16-,20?/m1/s1. The summed E-state index contributed by atoms with van der Waals surface area (Å²) in [7, 11) is 0. The third-order valence-electron chi connectivity index (χ3n) is 5.93. The molecule has 2 N–H and O–H groups in total. The Morgan fingerprint density at radius 2 is 1.96 bits per heavy atom. The summed E-state index contributed by atoms with van der Waals surface area (Å²) in [5.74, 6) is 0. The summed E-state index contributed by atoms with van der Waals surface area (Å²) < 4.78 is 0. The molecule has 3 rings (SSSR count). The summed E-state index contributed by atoms with van der Waals surface area (Å²) in [6.07, 6.45) is 5.03. The van der Waals surface area contributed by atoms with Gasteiger partial charge in [-0.15, -0.1) is 0 Å². The molecule has 6 nitrogen and oxygen atoms in total. The SMILES string of the molecule is CC(C)(C)N(C(=O)O)[C@@H]1CCN(C2CCC(O)(c3ccccn3)CC2)C1. The minimum atomic E-state index is -0.836. The predicted octanol–water partition coefficient (Wildman–Crippen LogP) is 3.06. The highest BCUT2D eigenvalue weighted by molar-refractivity contribution is 5.66. The van der Waals surface area contributed by atoms with Crippen LogP contribution in [0.25, 0.3) is 0 Å². The summed E-state index contributed by atoms with van der Waals surface area (Å²) in [4.78, 5) is 20.1. The topological polar surface area (TPSA) is 76.9 Å². The summed E-state index contributed by atoms with van der Waals surface area (Å²) >= 11 is 0. The van der Waals surface area contributed by atoms with Crippen molar-refractivity contribution in [3.05, 3.63) is 30.1 Å². The van der Waals surface area contributed by atoms with Gasteiger partial charge in [0.15, 0.2) is 0 Å². The van der Waals surface area contributed by atoms with Gasteiger partial charge in [-0.05, 0) is 65.0 Å². The van der Waals surface area contributed by atoms with Gasteiger partial charge in [0.1, 0.15) is 5.60 Å². The van der Waals surface area contributed by atoms with E-state index in [-0.39, 0.29) is 6.04 Å². The highest BCUT2D eigenvalue weighted by Crippen LogP contribution is 2.39. The monoisotopic (exact) mass is 361 g/mol. The number of nitrogens with zero attached hydrogens (tertiary/aromatic N) is 3. The maximum atomic E-state index is 11.7. The van der Waals surface area contributed by atoms with Crippen molar-refractivity contribution in [3.8, 4) is 0 Å². The minimum absolute atomic E-state index is 0.0455. The zero-order valence-electron chi connectivity index (χ0n) is 16.1. The normalized spacial score (nSPS) is 30.3. The van der Waals surface area contributed by atoms with E-state index >= 15 is 0 Å². The molecule has 1 amide bonds. The van der Waals surface area contributed by atoms with E-state index < -0.39 is 17.2 Å². The second-order valence-corrected chi connectivity index (χ2v) is 8.74. The Morgan fingerprint density at radius 1 is 1.27 bits per heavy atom. The molecule has 1 aliphatic heterocycles. The average Bonchev–Trinajstić information content (AvgIpc) is 3.04. The fourth-order valence-electron chi connectivity index (χ4n) is 4.64. The van der Waals surface area contributed by atoms with Crippen molar-refractivity contribution in [2.24, 2.45) is 0 Å². The van der Waals surface area contributed by atoms with Gasteiger partial charge in [-0.25, -0.2) is 4.79 Å². The van der Waals surface area contributed by atoms with E-state index in [1.54, 1.807) is 11.1 Å². The first-order chi connectivity index (χ1) is 12.2. The lowest BCUT2D eigenvalue weighted by atomic mass is 9.79. The molecule has 144 valence electrons. The Morgan fingerprint density at radius 3 is 2.50 bits per heavy atom. The fourth-order valence-corrected chi connectivity index (χ4v) is 4.64. The largest absolute Gasteiger partial charge is 0.465 e. The van der Waals surface area contributed by atoms with Crippen LogP contribution in [0, 0.1) is 0 Å². The minimum Gasteiger partial charge on any atom is -0.465 e. The van der Waals surface area contributed by atoms with Gasteiger partial charge in [0.25, 0.3) is 0 Å². The molecule has 0 spiro atoms. The van der Waals surface area contributed by atoms with Crippen molar-refractivity contribution in [3.63, 3.8) is 0 Å². The number of carboxylic acid groups (broad SMARTS) is 1. The molecule has 2 fully saturated rings. The lowest BCUT2D eigenvalue weighted by Gasteiger charge is -2.40. The average molecular weight is 361 g/mol. The molecule has 1 saturated carbocycles. The van der Waals surface area contributed by atoms with Crippen LogP contribution in [0.3, 0.4) is 0 Å². The van der Waals surface area contributed by atoms with Crippen molar-refractivity contribution in [2.45, 2.75) is 76.1 Å². The summed E-state index contributed by atoms with van der Waals surface area (Å²) in [5, 5.41) is 20.6. The molecule has 2 heterocycles. The number of hydrogen-bond donors (Lipinski definition) is 2. The molecule has 0 radical (unpaired) electrons. The van der Waals surface area contributed by atoms with Crippen molar-refractivity contribution in [1.82, 2.24) is 14.8 Å².